The lowest BCUT2D eigenvalue weighted by atomic mass is 10.3. The SMILES string of the molecule is CCCNc1cc(N(CC)CC2CC2)nc(COCC)n1. The van der Waals surface area contributed by atoms with Gasteiger partial charge in [0.1, 0.15) is 18.2 Å². The van der Waals surface area contributed by atoms with Crippen molar-refractivity contribution in [1.82, 2.24) is 9.97 Å². The summed E-state index contributed by atoms with van der Waals surface area (Å²) in [5, 5.41) is 3.37. The molecule has 1 aromatic rings. The predicted octanol–water partition coefficient (Wildman–Crippen LogP) is 3.07. The molecule has 1 aliphatic rings. The Morgan fingerprint density at radius 3 is 2.71 bits per heavy atom. The summed E-state index contributed by atoms with van der Waals surface area (Å²) in [6.45, 7) is 10.5. The first-order chi connectivity index (χ1) is 10.3. The average Bonchev–Trinajstić information content (AvgIpc) is 3.32. The molecular formula is C16H28N4O. The van der Waals surface area contributed by atoms with Gasteiger partial charge in [-0.2, -0.15) is 0 Å². The molecule has 2 rings (SSSR count). The average molecular weight is 292 g/mol. The molecular weight excluding hydrogens is 264 g/mol. The van der Waals surface area contributed by atoms with Crippen molar-refractivity contribution in [3.8, 4) is 0 Å². The van der Waals surface area contributed by atoms with E-state index in [2.05, 4.69) is 40.1 Å². The number of ether oxygens (including phenoxy) is 1. The van der Waals surface area contributed by atoms with Crippen LogP contribution in [0.3, 0.4) is 0 Å². The van der Waals surface area contributed by atoms with Crippen LogP contribution in [0.1, 0.15) is 45.9 Å². The first-order valence-corrected chi connectivity index (χ1v) is 8.21. The summed E-state index contributed by atoms with van der Waals surface area (Å²) in [5.74, 6) is 3.54. The van der Waals surface area contributed by atoms with E-state index in [1.807, 2.05) is 6.92 Å². The maximum Gasteiger partial charge on any atom is 0.158 e. The van der Waals surface area contributed by atoms with Gasteiger partial charge in [0.25, 0.3) is 0 Å². The van der Waals surface area contributed by atoms with E-state index >= 15 is 0 Å². The van der Waals surface area contributed by atoms with Crippen molar-refractivity contribution in [2.24, 2.45) is 5.92 Å². The van der Waals surface area contributed by atoms with Crippen molar-refractivity contribution in [3.63, 3.8) is 0 Å². The molecule has 1 heterocycles. The molecule has 0 radical (unpaired) electrons. The van der Waals surface area contributed by atoms with Crippen LogP contribution >= 0.6 is 0 Å². The van der Waals surface area contributed by atoms with Crippen LogP contribution in [0.2, 0.25) is 0 Å². The molecule has 0 spiro atoms. The fraction of sp³-hybridized carbons (Fsp3) is 0.750. The van der Waals surface area contributed by atoms with Crippen molar-refractivity contribution in [1.29, 1.82) is 0 Å². The van der Waals surface area contributed by atoms with Gasteiger partial charge in [-0.15, -0.1) is 0 Å². The Bertz CT molecular complexity index is 408. The van der Waals surface area contributed by atoms with Gasteiger partial charge in [0, 0.05) is 32.3 Å². The van der Waals surface area contributed by atoms with Crippen LogP contribution < -0.4 is 10.2 Å². The zero-order chi connectivity index (χ0) is 15.1. The molecule has 0 saturated heterocycles. The standard InChI is InChI=1S/C16H28N4O/c1-4-9-17-14-10-16(19-15(18-14)12-21-6-3)20(5-2)11-13-7-8-13/h10,13H,4-9,11-12H2,1-3H3,(H,17,18,19). The highest BCUT2D eigenvalue weighted by Crippen LogP contribution is 2.31. The summed E-state index contributed by atoms with van der Waals surface area (Å²) in [5.41, 5.74) is 0. The molecule has 1 saturated carbocycles. The monoisotopic (exact) mass is 292 g/mol. The molecule has 0 bridgehead atoms. The Morgan fingerprint density at radius 1 is 1.29 bits per heavy atom. The first kappa shape index (κ1) is 16.0. The molecule has 1 N–H and O–H groups in total. The van der Waals surface area contributed by atoms with Crippen LogP contribution in [0.25, 0.3) is 0 Å². The van der Waals surface area contributed by atoms with E-state index in [1.165, 1.54) is 12.8 Å². The lowest BCUT2D eigenvalue weighted by molar-refractivity contribution is 0.128. The van der Waals surface area contributed by atoms with E-state index in [0.29, 0.717) is 13.2 Å². The Balaban J connectivity index is 2.14. The summed E-state index contributed by atoms with van der Waals surface area (Å²) < 4.78 is 5.47. The molecule has 0 atom stereocenters. The van der Waals surface area contributed by atoms with Crippen LogP contribution in [0.15, 0.2) is 6.07 Å². The van der Waals surface area contributed by atoms with Gasteiger partial charge in [-0.1, -0.05) is 6.92 Å². The summed E-state index contributed by atoms with van der Waals surface area (Å²) in [4.78, 5) is 11.6. The fourth-order valence-corrected chi connectivity index (χ4v) is 2.24. The molecule has 1 fully saturated rings. The van der Waals surface area contributed by atoms with Gasteiger partial charge in [-0.25, -0.2) is 9.97 Å². The number of nitrogens with zero attached hydrogens (tertiary/aromatic N) is 3. The van der Waals surface area contributed by atoms with Gasteiger partial charge in [0.2, 0.25) is 0 Å². The Labute approximate surface area is 128 Å². The Hall–Kier alpha value is -1.36. The molecule has 1 aliphatic carbocycles. The van der Waals surface area contributed by atoms with Crippen molar-refractivity contribution in [2.45, 2.75) is 46.6 Å². The zero-order valence-corrected chi connectivity index (χ0v) is 13.6. The summed E-state index contributed by atoms with van der Waals surface area (Å²) in [6.07, 6.45) is 3.79. The van der Waals surface area contributed by atoms with Gasteiger partial charge in [-0.3, -0.25) is 0 Å². The van der Waals surface area contributed by atoms with E-state index in [4.69, 9.17) is 4.74 Å². The topological polar surface area (TPSA) is 50.3 Å². The third kappa shape index (κ3) is 5.16. The van der Waals surface area contributed by atoms with Crippen LogP contribution in [-0.4, -0.2) is 36.2 Å². The predicted molar refractivity (Wildman–Crippen MR) is 86.8 cm³/mol. The van der Waals surface area contributed by atoms with E-state index in [1.54, 1.807) is 0 Å². The highest BCUT2D eigenvalue weighted by atomic mass is 16.5. The minimum Gasteiger partial charge on any atom is -0.374 e. The van der Waals surface area contributed by atoms with Gasteiger partial charge < -0.3 is 15.0 Å². The molecule has 21 heavy (non-hydrogen) atoms. The number of rotatable bonds is 10. The molecule has 118 valence electrons. The summed E-state index contributed by atoms with van der Waals surface area (Å²) >= 11 is 0. The summed E-state index contributed by atoms with van der Waals surface area (Å²) in [6, 6.07) is 2.07. The van der Waals surface area contributed by atoms with E-state index in [9.17, 15) is 0 Å². The fourth-order valence-electron chi connectivity index (χ4n) is 2.24. The maximum atomic E-state index is 5.47. The first-order valence-electron chi connectivity index (χ1n) is 8.21. The zero-order valence-electron chi connectivity index (χ0n) is 13.6. The highest BCUT2D eigenvalue weighted by molar-refractivity contribution is 5.49. The van der Waals surface area contributed by atoms with E-state index in [0.717, 1.165) is 49.4 Å². The number of nitrogens with one attached hydrogen (secondary N) is 1. The molecule has 1 aromatic heterocycles. The molecule has 0 aromatic carbocycles. The number of anilines is 2. The number of hydrogen-bond acceptors (Lipinski definition) is 5. The van der Waals surface area contributed by atoms with E-state index < -0.39 is 0 Å². The summed E-state index contributed by atoms with van der Waals surface area (Å²) in [7, 11) is 0. The molecule has 0 aliphatic heterocycles. The van der Waals surface area contributed by atoms with Crippen LogP contribution in [-0.2, 0) is 11.3 Å². The second kappa shape index (κ2) is 8.17. The number of aromatic nitrogens is 2. The lowest BCUT2D eigenvalue weighted by Gasteiger charge is -2.23. The molecule has 0 unspecified atom stereocenters. The maximum absolute atomic E-state index is 5.47. The second-order valence-electron chi connectivity index (χ2n) is 5.57. The Kier molecular flexibility index (Phi) is 6.23. The van der Waals surface area contributed by atoms with Crippen LogP contribution in [0.4, 0.5) is 11.6 Å². The third-order valence-electron chi connectivity index (χ3n) is 3.63. The number of hydrogen-bond donors (Lipinski definition) is 1. The van der Waals surface area contributed by atoms with Crippen molar-refractivity contribution < 1.29 is 4.74 Å². The highest BCUT2D eigenvalue weighted by Gasteiger charge is 2.24. The van der Waals surface area contributed by atoms with Crippen molar-refractivity contribution in [3.05, 3.63) is 11.9 Å². The Morgan fingerprint density at radius 2 is 2.10 bits per heavy atom. The smallest absolute Gasteiger partial charge is 0.158 e. The van der Waals surface area contributed by atoms with E-state index in [-0.39, 0.29) is 0 Å². The largest absolute Gasteiger partial charge is 0.374 e. The molecule has 0 amide bonds. The molecule has 5 heteroatoms. The minimum absolute atomic E-state index is 0.478. The normalized spacial score (nSPS) is 14.2. The molecule has 5 nitrogen and oxygen atoms in total. The van der Waals surface area contributed by atoms with Crippen molar-refractivity contribution >= 4 is 11.6 Å². The van der Waals surface area contributed by atoms with Crippen LogP contribution in [0, 0.1) is 5.92 Å². The van der Waals surface area contributed by atoms with Gasteiger partial charge in [0.05, 0.1) is 0 Å². The third-order valence-corrected chi connectivity index (χ3v) is 3.63. The quantitative estimate of drug-likeness (QED) is 0.718. The van der Waals surface area contributed by atoms with Gasteiger partial charge in [0.15, 0.2) is 5.82 Å². The lowest BCUT2D eigenvalue weighted by Crippen LogP contribution is -2.27. The van der Waals surface area contributed by atoms with Crippen LogP contribution in [0.5, 0.6) is 0 Å². The van der Waals surface area contributed by atoms with Crippen molar-refractivity contribution in [2.75, 3.05) is 36.5 Å². The minimum atomic E-state index is 0.478. The van der Waals surface area contributed by atoms with Gasteiger partial charge in [-0.05, 0) is 39.0 Å². The van der Waals surface area contributed by atoms with Gasteiger partial charge >= 0.3 is 0 Å². The second-order valence-corrected chi connectivity index (χ2v) is 5.57.